The number of carbonyl (C=O) groups is 1. The summed E-state index contributed by atoms with van der Waals surface area (Å²) in [6.45, 7) is 3.97. The summed E-state index contributed by atoms with van der Waals surface area (Å²) in [5.74, 6) is -0.221. The average Bonchev–Trinajstić information content (AvgIpc) is 3.16. The highest BCUT2D eigenvalue weighted by Gasteiger charge is 2.40. The van der Waals surface area contributed by atoms with Crippen LogP contribution in [0, 0.1) is 5.82 Å². The molecule has 0 radical (unpaired) electrons. The number of nitrogens with zero attached hydrogens (tertiary/aromatic N) is 1. The quantitative estimate of drug-likeness (QED) is 0.861. The predicted molar refractivity (Wildman–Crippen MR) is 87.6 cm³/mol. The molecule has 1 aliphatic rings. The highest BCUT2D eigenvalue weighted by atomic mass is 32.2. The molecule has 0 saturated heterocycles. The van der Waals surface area contributed by atoms with Gasteiger partial charge in [-0.25, -0.2) is 17.6 Å². The van der Waals surface area contributed by atoms with Crippen molar-refractivity contribution in [3.05, 3.63) is 35.6 Å². The molecular formula is C16H23FN2O3S. The molecule has 7 heteroatoms. The van der Waals surface area contributed by atoms with Crippen LogP contribution in [0.3, 0.4) is 0 Å². The van der Waals surface area contributed by atoms with E-state index in [9.17, 15) is 17.6 Å². The zero-order chi connectivity index (χ0) is 17.2. The second kappa shape index (κ2) is 6.86. The van der Waals surface area contributed by atoms with Gasteiger partial charge < -0.3 is 10.2 Å². The molecule has 2 rings (SSSR count). The van der Waals surface area contributed by atoms with Crippen molar-refractivity contribution >= 4 is 15.9 Å². The number of urea groups is 1. The van der Waals surface area contributed by atoms with Crippen molar-refractivity contribution in [2.75, 3.05) is 18.6 Å². The summed E-state index contributed by atoms with van der Waals surface area (Å²) in [7, 11) is -3.15. The summed E-state index contributed by atoms with van der Waals surface area (Å²) in [6.07, 6.45) is 1.93. The first kappa shape index (κ1) is 17.7. The lowest BCUT2D eigenvalue weighted by molar-refractivity contribution is 0.187. The van der Waals surface area contributed by atoms with E-state index in [1.807, 2.05) is 13.0 Å². The molecule has 1 saturated carbocycles. The van der Waals surface area contributed by atoms with Crippen LogP contribution in [0.4, 0.5) is 9.18 Å². The Morgan fingerprint density at radius 3 is 2.74 bits per heavy atom. The first-order valence-electron chi connectivity index (χ1n) is 7.71. The van der Waals surface area contributed by atoms with Crippen molar-refractivity contribution in [3.63, 3.8) is 0 Å². The Morgan fingerprint density at radius 2 is 2.17 bits per heavy atom. The van der Waals surface area contributed by atoms with Crippen LogP contribution < -0.4 is 5.32 Å². The summed E-state index contributed by atoms with van der Waals surface area (Å²) in [5, 5.41) is 2.91. The van der Waals surface area contributed by atoms with Crippen LogP contribution in [0.1, 0.15) is 31.7 Å². The third-order valence-corrected chi connectivity index (χ3v) is 5.14. The molecule has 3 atom stereocenters. The molecule has 0 unspecified atom stereocenters. The van der Waals surface area contributed by atoms with E-state index in [1.165, 1.54) is 17.0 Å². The van der Waals surface area contributed by atoms with E-state index >= 15 is 0 Å². The SMILES string of the molecule is CCN(C(=O)N[C@@H]1C[C@@H]1c1cccc(F)c1)[C@H](C)CS(C)(=O)=O. The molecule has 0 aromatic heterocycles. The molecule has 0 heterocycles. The zero-order valence-electron chi connectivity index (χ0n) is 13.6. The van der Waals surface area contributed by atoms with E-state index in [0.717, 1.165) is 18.2 Å². The van der Waals surface area contributed by atoms with Crippen molar-refractivity contribution in [3.8, 4) is 0 Å². The topological polar surface area (TPSA) is 66.5 Å². The maximum atomic E-state index is 13.2. The highest BCUT2D eigenvalue weighted by Crippen LogP contribution is 2.41. The van der Waals surface area contributed by atoms with Gasteiger partial charge in [-0.1, -0.05) is 12.1 Å². The lowest BCUT2D eigenvalue weighted by atomic mass is 10.1. The maximum Gasteiger partial charge on any atom is 0.317 e. The summed E-state index contributed by atoms with van der Waals surface area (Å²) < 4.78 is 36.0. The number of hydrogen-bond donors (Lipinski definition) is 1. The summed E-state index contributed by atoms with van der Waals surface area (Å²) in [5.41, 5.74) is 0.877. The Labute approximate surface area is 136 Å². The molecule has 0 bridgehead atoms. The van der Waals surface area contributed by atoms with E-state index in [4.69, 9.17) is 0 Å². The highest BCUT2D eigenvalue weighted by molar-refractivity contribution is 7.90. The van der Waals surface area contributed by atoms with Gasteiger partial charge in [0.1, 0.15) is 15.7 Å². The molecule has 0 aliphatic heterocycles. The average molecular weight is 342 g/mol. The van der Waals surface area contributed by atoms with Crippen molar-refractivity contribution in [1.29, 1.82) is 0 Å². The Morgan fingerprint density at radius 1 is 1.48 bits per heavy atom. The van der Waals surface area contributed by atoms with Crippen molar-refractivity contribution < 1.29 is 17.6 Å². The van der Waals surface area contributed by atoms with E-state index in [2.05, 4.69) is 5.32 Å². The van der Waals surface area contributed by atoms with Crippen molar-refractivity contribution in [2.45, 2.75) is 38.3 Å². The monoisotopic (exact) mass is 342 g/mol. The van der Waals surface area contributed by atoms with Crippen LogP contribution in [-0.2, 0) is 9.84 Å². The number of nitrogens with one attached hydrogen (secondary N) is 1. The van der Waals surface area contributed by atoms with Crippen molar-refractivity contribution in [2.24, 2.45) is 0 Å². The molecule has 1 N–H and O–H groups in total. The molecule has 1 fully saturated rings. The first-order chi connectivity index (χ1) is 10.7. The Hall–Kier alpha value is -1.63. The maximum absolute atomic E-state index is 13.2. The van der Waals surface area contributed by atoms with Gasteiger partial charge in [-0.15, -0.1) is 0 Å². The Kier molecular flexibility index (Phi) is 5.29. The third kappa shape index (κ3) is 4.92. The van der Waals surface area contributed by atoms with Crippen LogP contribution in [-0.4, -0.2) is 50.0 Å². The zero-order valence-corrected chi connectivity index (χ0v) is 14.4. The van der Waals surface area contributed by atoms with Gasteiger partial charge in [-0.05, 0) is 38.0 Å². The number of halogens is 1. The summed E-state index contributed by atoms with van der Waals surface area (Å²) in [6, 6.07) is 5.71. The van der Waals surface area contributed by atoms with Crippen LogP contribution in [0.2, 0.25) is 0 Å². The molecule has 128 valence electrons. The van der Waals surface area contributed by atoms with E-state index in [-0.39, 0.29) is 35.6 Å². The van der Waals surface area contributed by atoms with Crippen LogP contribution in [0.5, 0.6) is 0 Å². The third-order valence-electron chi connectivity index (χ3n) is 4.05. The number of rotatable bonds is 6. The van der Waals surface area contributed by atoms with Crippen LogP contribution in [0.15, 0.2) is 24.3 Å². The van der Waals surface area contributed by atoms with Crippen molar-refractivity contribution in [1.82, 2.24) is 10.2 Å². The number of carbonyl (C=O) groups excluding carboxylic acids is 1. The summed E-state index contributed by atoms with van der Waals surface area (Å²) in [4.78, 5) is 13.9. The second-order valence-corrected chi connectivity index (χ2v) is 8.37. The smallest absolute Gasteiger partial charge is 0.317 e. The fraction of sp³-hybridized carbons (Fsp3) is 0.562. The first-order valence-corrected chi connectivity index (χ1v) is 9.77. The molecule has 1 aliphatic carbocycles. The standard InChI is InChI=1S/C16H23FN2O3S/c1-4-19(11(2)10-23(3,21)22)16(20)18-15-9-14(15)12-6-5-7-13(17)8-12/h5-8,11,14-15H,4,9-10H2,1-3H3,(H,18,20)/t11-,14-,15-/m1/s1. The lowest BCUT2D eigenvalue weighted by Gasteiger charge is -2.27. The number of benzene rings is 1. The minimum Gasteiger partial charge on any atom is -0.335 e. The van der Waals surface area contributed by atoms with E-state index < -0.39 is 9.84 Å². The molecule has 1 aromatic carbocycles. The number of amides is 2. The van der Waals surface area contributed by atoms with Gasteiger partial charge in [0.25, 0.3) is 0 Å². The molecular weight excluding hydrogens is 319 g/mol. The van der Waals surface area contributed by atoms with Gasteiger partial charge in [0.15, 0.2) is 0 Å². The fourth-order valence-corrected chi connectivity index (χ4v) is 3.94. The molecule has 0 spiro atoms. The van der Waals surface area contributed by atoms with Gasteiger partial charge >= 0.3 is 6.03 Å². The van der Waals surface area contributed by atoms with E-state index in [0.29, 0.717) is 6.54 Å². The molecule has 2 amide bonds. The fourth-order valence-electron chi connectivity index (χ4n) is 2.89. The molecule has 23 heavy (non-hydrogen) atoms. The Bertz CT molecular complexity index is 678. The molecule has 5 nitrogen and oxygen atoms in total. The largest absolute Gasteiger partial charge is 0.335 e. The lowest BCUT2D eigenvalue weighted by Crippen LogP contribution is -2.48. The summed E-state index contributed by atoms with van der Waals surface area (Å²) >= 11 is 0. The Balaban J connectivity index is 1.94. The molecule has 1 aromatic rings. The van der Waals surface area contributed by atoms with Gasteiger partial charge in [-0.2, -0.15) is 0 Å². The van der Waals surface area contributed by atoms with E-state index in [1.54, 1.807) is 13.0 Å². The normalized spacial score (nSPS) is 21.6. The second-order valence-electron chi connectivity index (χ2n) is 6.18. The minimum atomic E-state index is -3.15. The minimum absolute atomic E-state index is 0.0243. The van der Waals surface area contributed by atoms with Gasteiger partial charge in [0.2, 0.25) is 0 Å². The van der Waals surface area contributed by atoms with Gasteiger partial charge in [0, 0.05) is 30.8 Å². The van der Waals surface area contributed by atoms with Crippen LogP contribution >= 0.6 is 0 Å². The van der Waals surface area contributed by atoms with Gasteiger partial charge in [0.05, 0.1) is 5.75 Å². The van der Waals surface area contributed by atoms with Gasteiger partial charge in [-0.3, -0.25) is 0 Å². The number of hydrogen-bond acceptors (Lipinski definition) is 3. The predicted octanol–water partition coefficient (Wildman–Crippen LogP) is 2.15. The van der Waals surface area contributed by atoms with Crippen LogP contribution in [0.25, 0.3) is 0 Å². The number of sulfone groups is 1.